The first-order chi connectivity index (χ1) is 8.78. The Morgan fingerprint density at radius 1 is 1.44 bits per heavy atom. The van der Waals surface area contributed by atoms with Gasteiger partial charge in [-0.3, -0.25) is 0 Å². The fraction of sp³-hybridized carbons (Fsp3) is 0.357. The first-order valence-electron chi connectivity index (χ1n) is 6.13. The zero-order valence-electron chi connectivity index (χ0n) is 10.3. The molecule has 1 aliphatic rings. The second-order valence-electron chi connectivity index (χ2n) is 4.67. The fourth-order valence-electron chi connectivity index (χ4n) is 2.01. The molecule has 4 heteroatoms. The Balaban J connectivity index is 1.87. The number of nitrogens with zero attached hydrogens (tertiary/aromatic N) is 1. The summed E-state index contributed by atoms with van der Waals surface area (Å²) in [4.78, 5) is 4.66. The molecule has 94 valence electrons. The van der Waals surface area contributed by atoms with Crippen molar-refractivity contribution in [2.24, 2.45) is 11.7 Å². The second kappa shape index (κ2) is 4.71. The number of methoxy groups -OCH3 is 1. The van der Waals surface area contributed by atoms with E-state index in [2.05, 4.69) is 10.4 Å². The molecule has 1 atom stereocenters. The number of rotatable bonds is 4. The predicted molar refractivity (Wildman–Crippen MR) is 73.8 cm³/mol. The lowest BCUT2D eigenvalue weighted by Crippen LogP contribution is -2.11. The highest BCUT2D eigenvalue weighted by atomic mass is 32.1. The van der Waals surface area contributed by atoms with Crippen molar-refractivity contribution >= 4 is 11.3 Å². The van der Waals surface area contributed by atoms with E-state index in [1.807, 2.05) is 24.3 Å². The van der Waals surface area contributed by atoms with Crippen LogP contribution in [0.5, 0.6) is 5.75 Å². The number of hydrogen-bond acceptors (Lipinski definition) is 4. The molecule has 1 aromatic carbocycles. The van der Waals surface area contributed by atoms with E-state index in [0.29, 0.717) is 5.92 Å². The van der Waals surface area contributed by atoms with Gasteiger partial charge in [0.2, 0.25) is 0 Å². The third kappa shape index (κ3) is 2.26. The molecule has 1 aromatic heterocycles. The summed E-state index contributed by atoms with van der Waals surface area (Å²) in [7, 11) is 1.68. The molecule has 3 nitrogen and oxygen atoms in total. The van der Waals surface area contributed by atoms with Crippen LogP contribution in [0.1, 0.15) is 23.9 Å². The molecule has 0 amide bonds. The Bertz CT molecular complexity index is 548. The Labute approximate surface area is 111 Å². The smallest absolute Gasteiger partial charge is 0.119 e. The van der Waals surface area contributed by atoms with Crippen LogP contribution in [-0.2, 0) is 0 Å². The summed E-state index contributed by atoms with van der Waals surface area (Å²) in [6, 6.07) is 8.08. The molecule has 1 unspecified atom stereocenters. The molecular formula is C14H16N2OS. The van der Waals surface area contributed by atoms with Crippen LogP contribution < -0.4 is 10.5 Å². The summed E-state index contributed by atoms with van der Waals surface area (Å²) in [5.41, 5.74) is 8.24. The van der Waals surface area contributed by atoms with Gasteiger partial charge in [-0.1, -0.05) is 12.1 Å². The topological polar surface area (TPSA) is 48.1 Å². The largest absolute Gasteiger partial charge is 0.497 e. The molecule has 1 saturated carbocycles. The maximum absolute atomic E-state index is 6.17. The minimum Gasteiger partial charge on any atom is -0.497 e. The van der Waals surface area contributed by atoms with Crippen LogP contribution in [0.4, 0.5) is 0 Å². The number of aromatic nitrogens is 1. The molecule has 0 saturated heterocycles. The molecule has 1 fully saturated rings. The van der Waals surface area contributed by atoms with Crippen molar-refractivity contribution in [3.63, 3.8) is 0 Å². The summed E-state index contributed by atoms with van der Waals surface area (Å²) in [6.07, 6.45) is 2.49. The van der Waals surface area contributed by atoms with Gasteiger partial charge in [0.15, 0.2) is 0 Å². The van der Waals surface area contributed by atoms with Crippen LogP contribution in [0.3, 0.4) is 0 Å². The van der Waals surface area contributed by atoms with Gasteiger partial charge >= 0.3 is 0 Å². The van der Waals surface area contributed by atoms with Gasteiger partial charge in [-0.15, -0.1) is 11.3 Å². The van der Waals surface area contributed by atoms with Crippen molar-refractivity contribution in [1.82, 2.24) is 4.98 Å². The summed E-state index contributed by atoms with van der Waals surface area (Å²) >= 11 is 1.66. The number of nitrogens with two attached hydrogens (primary N) is 1. The molecule has 0 radical (unpaired) electrons. The van der Waals surface area contributed by atoms with Gasteiger partial charge in [0.05, 0.1) is 18.8 Å². The van der Waals surface area contributed by atoms with E-state index < -0.39 is 0 Å². The monoisotopic (exact) mass is 260 g/mol. The van der Waals surface area contributed by atoms with Crippen LogP contribution in [0.2, 0.25) is 0 Å². The summed E-state index contributed by atoms with van der Waals surface area (Å²) in [5.74, 6) is 1.50. The van der Waals surface area contributed by atoms with Crippen molar-refractivity contribution in [2.45, 2.75) is 18.9 Å². The number of benzene rings is 1. The predicted octanol–water partition coefficient (Wildman–Crippen LogP) is 3.23. The van der Waals surface area contributed by atoms with Gasteiger partial charge in [-0.25, -0.2) is 4.98 Å². The highest BCUT2D eigenvalue weighted by Crippen LogP contribution is 2.41. The lowest BCUT2D eigenvalue weighted by molar-refractivity contribution is 0.415. The highest BCUT2D eigenvalue weighted by Gasteiger charge is 2.31. The summed E-state index contributed by atoms with van der Waals surface area (Å²) in [6.45, 7) is 0. The van der Waals surface area contributed by atoms with Gasteiger partial charge in [0.1, 0.15) is 10.8 Å². The first-order valence-corrected chi connectivity index (χ1v) is 7.01. The average Bonchev–Trinajstić information content (AvgIpc) is 3.15. The van der Waals surface area contributed by atoms with Gasteiger partial charge in [0, 0.05) is 10.9 Å². The van der Waals surface area contributed by atoms with Gasteiger partial charge in [-0.2, -0.15) is 0 Å². The molecule has 2 aromatic rings. The highest BCUT2D eigenvalue weighted by molar-refractivity contribution is 7.10. The minimum absolute atomic E-state index is 0.120. The SMILES string of the molecule is COc1cccc(-c2csc(C(N)C3CC3)n2)c1. The molecule has 1 aliphatic carbocycles. The van der Waals surface area contributed by atoms with Crippen LogP contribution in [0, 0.1) is 5.92 Å². The van der Waals surface area contributed by atoms with E-state index in [0.717, 1.165) is 22.0 Å². The van der Waals surface area contributed by atoms with Crippen LogP contribution in [0.25, 0.3) is 11.3 Å². The summed E-state index contributed by atoms with van der Waals surface area (Å²) in [5, 5.41) is 3.13. The van der Waals surface area contributed by atoms with Crippen molar-refractivity contribution in [3.8, 4) is 17.0 Å². The van der Waals surface area contributed by atoms with Crippen molar-refractivity contribution < 1.29 is 4.74 Å². The quantitative estimate of drug-likeness (QED) is 0.918. The summed E-state index contributed by atoms with van der Waals surface area (Å²) < 4.78 is 5.23. The molecule has 18 heavy (non-hydrogen) atoms. The molecule has 3 rings (SSSR count). The van der Waals surface area contributed by atoms with E-state index in [-0.39, 0.29) is 6.04 Å². The van der Waals surface area contributed by atoms with E-state index in [1.165, 1.54) is 12.8 Å². The molecule has 1 heterocycles. The second-order valence-corrected chi connectivity index (χ2v) is 5.56. The standard InChI is InChI=1S/C14H16N2OS/c1-17-11-4-2-3-10(7-11)12-8-18-14(16-12)13(15)9-5-6-9/h2-4,7-9,13H,5-6,15H2,1H3. The van der Waals surface area contributed by atoms with Crippen LogP contribution >= 0.6 is 11.3 Å². The minimum atomic E-state index is 0.120. The molecule has 0 aliphatic heterocycles. The van der Waals surface area contributed by atoms with E-state index in [1.54, 1.807) is 18.4 Å². The molecular weight excluding hydrogens is 244 g/mol. The van der Waals surface area contributed by atoms with E-state index in [9.17, 15) is 0 Å². The number of hydrogen-bond donors (Lipinski definition) is 1. The zero-order chi connectivity index (χ0) is 12.5. The first kappa shape index (κ1) is 11.7. The fourth-order valence-corrected chi connectivity index (χ4v) is 2.93. The Kier molecular flexibility index (Phi) is 3.06. The van der Waals surface area contributed by atoms with Crippen molar-refractivity contribution in [2.75, 3.05) is 7.11 Å². The van der Waals surface area contributed by atoms with Gasteiger partial charge in [-0.05, 0) is 30.9 Å². The molecule has 0 spiro atoms. The van der Waals surface area contributed by atoms with Crippen molar-refractivity contribution in [3.05, 3.63) is 34.7 Å². The number of thiazole rings is 1. The zero-order valence-corrected chi connectivity index (χ0v) is 11.1. The van der Waals surface area contributed by atoms with Crippen molar-refractivity contribution in [1.29, 1.82) is 0 Å². The normalized spacial score (nSPS) is 16.6. The number of ether oxygens (including phenoxy) is 1. The third-order valence-corrected chi connectivity index (χ3v) is 4.25. The molecule has 2 N–H and O–H groups in total. The van der Waals surface area contributed by atoms with Crippen LogP contribution in [-0.4, -0.2) is 12.1 Å². The maximum atomic E-state index is 6.17. The maximum Gasteiger partial charge on any atom is 0.119 e. The Morgan fingerprint density at radius 2 is 2.28 bits per heavy atom. The van der Waals surface area contributed by atoms with E-state index in [4.69, 9.17) is 10.5 Å². The Morgan fingerprint density at radius 3 is 3.00 bits per heavy atom. The average molecular weight is 260 g/mol. The van der Waals surface area contributed by atoms with Gasteiger partial charge < -0.3 is 10.5 Å². The lowest BCUT2D eigenvalue weighted by Gasteiger charge is -2.05. The third-order valence-electron chi connectivity index (χ3n) is 3.30. The van der Waals surface area contributed by atoms with Crippen LogP contribution in [0.15, 0.2) is 29.6 Å². The molecule has 0 bridgehead atoms. The lowest BCUT2D eigenvalue weighted by atomic mass is 10.1. The Hall–Kier alpha value is -1.39. The van der Waals surface area contributed by atoms with E-state index >= 15 is 0 Å². The van der Waals surface area contributed by atoms with Gasteiger partial charge in [0.25, 0.3) is 0 Å².